The average molecular weight is 533 g/mol. The maximum atomic E-state index is 13.6. The molecule has 2 unspecified atom stereocenters. The minimum absolute atomic E-state index is 0.00844. The molecule has 4 heterocycles. The van der Waals surface area contributed by atoms with Gasteiger partial charge >= 0.3 is 11.8 Å². The Morgan fingerprint density at radius 2 is 2.03 bits per heavy atom. The number of likely N-dealkylation sites (tertiary alicyclic amines) is 1. The monoisotopic (exact) mass is 532 g/mol. The van der Waals surface area contributed by atoms with Crippen LogP contribution in [0, 0.1) is 25.6 Å². The molecule has 2 aromatic heterocycles. The topological polar surface area (TPSA) is 149 Å². The fourth-order valence-electron chi connectivity index (χ4n) is 4.59. The van der Waals surface area contributed by atoms with E-state index in [1.165, 1.54) is 40.9 Å². The first-order valence-corrected chi connectivity index (χ1v) is 13.0. The molecular weight excluding hydrogens is 507 g/mol. The number of rotatable bonds is 3. The number of fused-ring (bicyclic) bond motifs is 2. The van der Waals surface area contributed by atoms with Gasteiger partial charge in [-0.2, -0.15) is 0 Å². The second-order valence-electron chi connectivity index (χ2n) is 9.17. The van der Waals surface area contributed by atoms with Gasteiger partial charge in [0.1, 0.15) is 10.7 Å². The van der Waals surface area contributed by atoms with E-state index in [0.717, 1.165) is 0 Å². The summed E-state index contributed by atoms with van der Waals surface area (Å²) in [6, 6.07) is 3.64. The van der Waals surface area contributed by atoms with Crippen LogP contribution in [-0.4, -0.2) is 65.6 Å². The number of nitrogens with zero attached hydrogens (tertiary/aromatic N) is 4. The lowest BCUT2D eigenvalue weighted by Gasteiger charge is -2.39. The second-order valence-corrected chi connectivity index (χ2v) is 10.8. The number of piperidine rings is 1. The largest absolute Gasteiger partial charge is 0.489 e. The van der Waals surface area contributed by atoms with Gasteiger partial charge < -0.3 is 23.9 Å². The number of hydrogen-bond donors (Lipinski definition) is 2. The molecule has 1 aromatic carbocycles. The van der Waals surface area contributed by atoms with Crippen LogP contribution in [-0.2, 0) is 17.1 Å². The van der Waals surface area contributed by atoms with E-state index in [2.05, 4.69) is 20.2 Å². The number of anilines is 1. The zero-order chi connectivity index (χ0) is 26.5. The van der Waals surface area contributed by atoms with Gasteiger partial charge in [-0.15, -0.1) is 10.2 Å². The van der Waals surface area contributed by atoms with E-state index in [-0.39, 0.29) is 47.8 Å². The van der Waals surface area contributed by atoms with Crippen LogP contribution in [0.5, 0.6) is 5.75 Å². The van der Waals surface area contributed by atoms with Gasteiger partial charge in [0.25, 0.3) is 5.91 Å². The summed E-state index contributed by atoms with van der Waals surface area (Å²) in [7, 11) is -2.51. The van der Waals surface area contributed by atoms with Crippen molar-refractivity contribution in [3.8, 4) is 5.75 Å². The summed E-state index contributed by atoms with van der Waals surface area (Å²) < 4.78 is 55.5. The number of aryl methyl sites for hydroxylation is 3. The fourth-order valence-corrected chi connectivity index (χ4v) is 6.13. The van der Waals surface area contributed by atoms with Crippen molar-refractivity contribution < 1.29 is 31.6 Å². The van der Waals surface area contributed by atoms with Gasteiger partial charge in [0.2, 0.25) is 15.9 Å². The third-order valence-corrected chi connectivity index (χ3v) is 7.98. The van der Waals surface area contributed by atoms with Gasteiger partial charge in [0.05, 0.1) is 6.61 Å². The van der Waals surface area contributed by atoms with Gasteiger partial charge in [-0.1, -0.05) is 0 Å². The summed E-state index contributed by atoms with van der Waals surface area (Å²) in [5.41, 5.74) is 0.690. The molecule has 0 radical (unpaired) electrons. The highest BCUT2D eigenvalue weighted by Crippen LogP contribution is 2.35. The van der Waals surface area contributed by atoms with Crippen LogP contribution >= 0.6 is 0 Å². The number of aromatic nitrogens is 3. The Balaban J connectivity index is 1.41. The second kappa shape index (κ2) is 9.27. The third kappa shape index (κ3) is 4.69. The number of ether oxygens (including phenoxy) is 1. The number of hydrogen-bond acceptors (Lipinski definition) is 8. The van der Waals surface area contributed by atoms with Crippen molar-refractivity contribution in [2.45, 2.75) is 31.2 Å². The smallest absolute Gasteiger partial charge is 0.311 e. The van der Waals surface area contributed by atoms with Crippen LogP contribution in [0.3, 0.4) is 0 Å². The first kappa shape index (κ1) is 24.9. The maximum Gasteiger partial charge on any atom is 0.311 e. The van der Waals surface area contributed by atoms with E-state index in [1.54, 1.807) is 13.8 Å². The molecule has 2 aliphatic rings. The molecule has 2 N–H and O–H groups in total. The van der Waals surface area contributed by atoms with Crippen LogP contribution in [0.4, 0.5) is 10.1 Å². The van der Waals surface area contributed by atoms with Crippen molar-refractivity contribution in [3.63, 3.8) is 0 Å². The number of nitrogens with one attached hydrogen (secondary N) is 2. The van der Waals surface area contributed by atoms with Gasteiger partial charge in [-0.25, -0.2) is 17.5 Å². The number of halogens is 1. The Bertz CT molecular complexity index is 1500. The number of carbonyl (C=O) groups is 2. The van der Waals surface area contributed by atoms with Crippen LogP contribution < -0.4 is 14.8 Å². The summed E-state index contributed by atoms with van der Waals surface area (Å²) in [5.74, 6) is -1.84. The van der Waals surface area contributed by atoms with Crippen molar-refractivity contribution >= 4 is 27.5 Å². The first-order chi connectivity index (χ1) is 17.5. The van der Waals surface area contributed by atoms with E-state index >= 15 is 0 Å². The first-order valence-electron chi connectivity index (χ1n) is 11.5. The highest BCUT2D eigenvalue weighted by Gasteiger charge is 2.40. The normalized spacial score (nSPS) is 20.7. The summed E-state index contributed by atoms with van der Waals surface area (Å²) in [5, 5.41) is 10.1. The molecule has 37 heavy (non-hydrogen) atoms. The van der Waals surface area contributed by atoms with Crippen molar-refractivity contribution in [3.05, 3.63) is 53.3 Å². The Hall–Kier alpha value is -3.78. The van der Waals surface area contributed by atoms with Crippen molar-refractivity contribution in [2.24, 2.45) is 13.0 Å². The van der Waals surface area contributed by atoms with Crippen LogP contribution in [0.15, 0.2) is 33.7 Å². The minimum atomic E-state index is -4.05. The number of benzene rings is 1. The predicted molar refractivity (Wildman–Crippen MR) is 127 cm³/mol. The zero-order valence-electron chi connectivity index (χ0n) is 20.3. The molecule has 1 saturated heterocycles. The Labute approximate surface area is 211 Å². The van der Waals surface area contributed by atoms with Crippen molar-refractivity contribution in [1.82, 2.24) is 24.4 Å². The molecule has 3 aromatic rings. The van der Waals surface area contributed by atoms with E-state index < -0.39 is 39.6 Å². The quantitative estimate of drug-likeness (QED) is 0.517. The molecule has 0 bridgehead atoms. The zero-order valence-corrected chi connectivity index (χ0v) is 21.1. The van der Waals surface area contributed by atoms with Gasteiger partial charge in [-0.05, 0) is 37.1 Å². The van der Waals surface area contributed by atoms with E-state index in [9.17, 15) is 22.4 Å². The number of amides is 2. The van der Waals surface area contributed by atoms with E-state index in [4.69, 9.17) is 9.15 Å². The van der Waals surface area contributed by atoms with Crippen molar-refractivity contribution in [1.29, 1.82) is 0 Å². The van der Waals surface area contributed by atoms with Crippen LogP contribution in [0.25, 0.3) is 0 Å². The highest BCUT2D eigenvalue weighted by molar-refractivity contribution is 7.89. The third-order valence-electron chi connectivity index (χ3n) is 6.50. The van der Waals surface area contributed by atoms with E-state index in [1.807, 2.05) is 0 Å². The van der Waals surface area contributed by atoms with Gasteiger partial charge in [0, 0.05) is 50.9 Å². The number of carbonyl (C=O) groups excluding carboxylic acids is 2. The standard InChI is InChI=1S/C23H25FN6O6S/c1-12-8-15(4-5-16(12)24)25-21(31)19-20-18(10-29(19)3)37(33,34)28-17-6-7-30(9-14(17)11-35-20)23(32)22-27-26-13(2)36-22/h4-5,8,10,14,17,28H,6-7,9,11H2,1-3H3,(H,25,31). The Kier molecular flexibility index (Phi) is 6.23. The van der Waals surface area contributed by atoms with Gasteiger partial charge in [0.15, 0.2) is 11.4 Å². The summed E-state index contributed by atoms with van der Waals surface area (Å²) in [6.07, 6.45) is 1.67. The molecule has 0 saturated carbocycles. The lowest BCUT2D eigenvalue weighted by Crippen LogP contribution is -2.54. The van der Waals surface area contributed by atoms with Gasteiger partial charge in [-0.3, -0.25) is 9.59 Å². The molecule has 5 rings (SSSR count). The predicted octanol–water partition coefficient (Wildman–Crippen LogP) is 1.62. The van der Waals surface area contributed by atoms with Crippen molar-refractivity contribution in [2.75, 3.05) is 25.0 Å². The van der Waals surface area contributed by atoms with Crippen LogP contribution in [0.1, 0.15) is 39.0 Å². The number of sulfonamides is 1. The maximum absolute atomic E-state index is 13.6. The summed E-state index contributed by atoms with van der Waals surface area (Å²) >= 11 is 0. The summed E-state index contributed by atoms with van der Waals surface area (Å²) in [6.45, 7) is 3.67. The fraction of sp³-hybridized carbons (Fsp3) is 0.391. The lowest BCUT2D eigenvalue weighted by molar-refractivity contribution is 0.0543. The minimum Gasteiger partial charge on any atom is -0.489 e. The Morgan fingerprint density at radius 3 is 2.73 bits per heavy atom. The van der Waals surface area contributed by atoms with E-state index in [0.29, 0.717) is 17.7 Å². The molecule has 2 atom stereocenters. The van der Waals surface area contributed by atoms with Crippen LogP contribution in [0.2, 0.25) is 0 Å². The average Bonchev–Trinajstić information content (AvgIpc) is 3.42. The molecule has 0 spiro atoms. The molecule has 1 fully saturated rings. The lowest BCUT2D eigenvalue weighted by atomic mass is 9.93. The molecule has 2 amide bonds. The molecule has 12 nitrogen and oxygen atoms in total. The molecule has 196 valence electrons. The molecule has 0 aliphatic carbocycles. The summed E-state index contributed by atoms with van der Waals surface area (Å²) in [4.78, 5) is 27.3. The highest BCUT2D eigenvalue weighted by atomic mass is 32.2. The SMILES string of the molecule is Cc1nnc(C(=O)N2CCC3NS(=O)(=O)c4cn(C)c(C(=O)Nc5ccc(F)c(C)c5)c4OCC3C2)o1. The molecule has 14 heteroatoms. The Morgan fingerprint density at radius 1 is 1.24 bits per heavy atom. The molecular formula is C23H25FN6O6S. The molecule has 2 aliphatic heterocycles.